The van der Waals surface area contributed by atoms with Crippen LogP contribution in [0, 0.1) is 0 Å². The maximum atomic E-state index is 12.4. The average molecular weight is 407 g/mol. The molecule has 0 aliphatic rings. The second-order valence-corrected chi connectivity index (χ2v) is 5.96. The molecule has 0 unspecified atom stereocenters. The van der Waals surface area contributed by atoms with E-state index in [4.69, 9.17) is 14.2 Å². The van der Waals surface area contributed by atoms with Crippen LogP contribution in [0.3, 0.4) is 0 Å². The second-order valence-electron chi connectivity index (χ2n) is 5.05. The molecule has 132 valence electrons. The number of halogens is 1. The Morgan fingerprint density at radius 2 is 1.68 bits per heavy atom. The number of hydrazone groups is 1. The number of nitrogens with zero attached hydrogens (tertiary/aromatic N) is 1. The second kappa shape index (κ2) is 8.53. The van der Waals surface area contributed by atoms with Gasteiger partial charge in [0.05, 0.1) is 32.6 Å². The van der Waals surface area contributed by atoms with Crippen molar-refractivity contribution >= 4 is 27.5 Å². The fraction of sp³-hybridized carbons (Fsp3) is 0.222. The highest BCUT2D eigenvalue weighted by molar-refractivity contribution is 9.10. The Balaban J connectivity index is 2.24. The minimum absolute atomic E-state index is 0.370. The zero-order chi connectivity index (χ0) is 18.4. The van der Waals surface area contributed by atoms with Gasteiger partial charge in [0.15, 0.2) is 0 Å². The van der Waals surface area contributed by atoms with Crippen molar-refractivity contribution in [2.75, 3.05) is 21.3 Å². The SMILES string of the molecule is COc1ccc(/C(C)=N\NC(=O)c2cc(Br)ccc2OC)c(OC)c1. The number of methoxy groups -OCH3 is 3. The standard InChI is InChI=1S/C18H19BrN2O4/c1-11(14-7-6-13(23-2)10-17(14)25-4)20-21-18(22)15-9-12(19)5-8-16(15)24-3/h5-10H,1-4H3,(H,21,22)/b20-11-. The number of benzene rings is 2. The summed E-state index contributed by atoms with van der Waals surface area (Å²) >= 11 is 3.34. The van der Waals surface area contributed by atoms with Crippen LogP contribution in [0.5, 0.6) is 17.2 Å². The number of hydrogen-bond donors (Lipinski definition) is 1. The highest BCUT2D eigenvalue weighted by Crippen LogP contribution is 2.25. The molecule has 0 atom stereocenters. The lowest BCUT2D eigenvalue weighted by atomic mass is 10.1. The average Bonchev–Trinajstić information content (AvgIpc) is 2.65. The van der Waals surface area contributed by atoms with E-state index in [2.05, 4.69) is 26.5 Å². The molecule has 0 radical (unpaired) electrons. The number of carbonyl (C=O) groups excluding carboxylic acids is 1. The Morgan fingerprint density at radius 1 is 0.960 bits per heavy atom. The fourth-order valence-corrected chi connectivity index (χ4v) is 2.57. The van der Waals surface area contributed by atoms with E-state index in [0.29, 0.717) is 28.5 Å². The van der Waals surface area contributed by atoms with Crippen molar-refractivity contribution in [1.29, 1.82) is 0 Å². The summed E-state index contributed by atoms with van der Waals surface area (Å²) < 4.78 is 16.5. The Hall–Kier alpha value is -2.54. The van der Waals surface area contributed by atoms with Crippen molar-refractivity contribution in [3.63, 3.8) is 0 Å². The monoisotopic (exact) mass is 406 g/mol. The predicted molar refractivity (Wildman–Crippen MR) is 99.9 cm³/mol. The molecule has 25 heavy (non-hydrogen) atoms. The lowest BCUT2D eigenvalue weighted by molar-refractivity contribution is 0.0951. The minimum Gasteiger partial charge on any atom is -0.497 e. The van der Waals surface area contributed by atoms with Crippen LogP contribution in [0.15, 0.2) is 46.0 Å². The number of carbonyl (C=O) groups is 1. The summed E-state index contributed by atoms with van der Waals surface area (Å²) in [4.78, 5) is 12.4. The molecule has 0 saturated heterocycles. The third-order valence-electron chi connectivity index (χ3n) is 3.53. The van der Waals surface area contributed by atoms with E-state index >= 15 is 0 Å². The molecule has 1 N–H and O–H groups in total. The van der Waals surface area contributed by atoms with E-state index in [1.807, 2.05) is 6.07 Å². The number of nitrogens with one attached hydrogen (secondary N) is 1. The van der Waals surface area contributed by atoms with E-state index < -0.39 is 0 Å². The van der Waals surface area contributed by atoms with Gasteiger partial charge in [-0.3, -0.25) is 4.79 Å². The third-order valence-corrected chi connectivity index (χ3v) is 4.02. The summed E-state index contributed by atoms with van der Waals surface area (Å²) in [5.74, 6) is 1.38. The van der Waals surface area contributed by atoms with Gasteiger partial charge in [0.25, 0.3) is 5.91 Å². The van der Waals surface area contributed by atoms with E-state index in [9.17, 15) is 4.79 Å². The molecule has 2 rings (SSSR count). The minimum atomic E-state index is -0.370. The molecule has 0 heterocycles. The van der Waals surface area contributed by atoms with Gasteiger partial charge in [-0.1, -0.05) is 15.9 Å². The lowest BCUT2D eigenvalue weighted by Gasteiger charge is -2.11. The van der Waals surface area contributed by atoms with Crippen molar-refractivity contribution in [2.45, 2.75) is 6.92 Å². The van der Waals surface area contributed by atoms with Gasteiger partial charge in [0.2, 0.25) is 0 Å². The van der Waals surface area contributed by atoms with E-state index in [1.165, 1.54) is 7.11 Å². The van der Waals surface area contributed by atoms with Crippen LogP contribution in [0.4, 0.5) is 0 Å². The maximum Gasteiger partial charge on any atom is 0.275 e. The van der Waals surface area contributed by atoms with Gasteiger partial charge < -0.3 is 14.2 Å². The molecule has 0 aromatic heterocycles. The van der Waals surface area contributed by atoms with Crippen molar-refractivity contribution in [3.8, 4) is 17.2 Å². The molecule has 0 aliphatic heterocycles. The van der Waals surface area contributed by atoms with Crippen LogP contribution in [0.25, 0.3) is 0 Å². The largest absolute Gasteiger partial charge is 0.497 e. The summed E-state index contributed by atoms with van der Waals surface area (Å²) in [6.07, 6.45) is 0. The van der Waals surface area contributed by atoms with Gasteiger partial charge in [0.1, 0.15) is 17.2 Å². The number of rotatable bonds is 6. The molecule has 0 saturated carbocycles. The Morgan fingerprint density at radius 3 is 2.32 bits per heavy atom. The first-order valence-corrected chi connectivity index (χ1v) is 8.20. The van der Waals surface area contributed by atoms with Crippen LogP contribution in [0.1, 0.15) is 22.8 Å². The van der Waals surface area contributed by atoms with Gasteiger partial charge in [-0.15, -0.1) is 0 Å². The highest BCUT2D eigenvalue weighted by Gasteiger charge is 2.13. The Kier molecular flexibility index (Phi) is 6.41. The van der Waals surface area contributed by atoms with Crippen LogP contribution < -0.4 is 19.6 Å². The molecular formula is C18H19BrN2O4. The zero-order valence-corrected chi connectivity index (χ0v) is 16.0. The molecule has 1 amide bonds. The van der Waals surface area contributed by atoms with Gasteiger partial charge >= 0.3 is 0 Å². The highest BCUT2D eigenvalue weighted by atomic mass is 79.9. The van der Waals surface area contributed by atoms with Crippen molar-refractivity contribution in [1.82, 2.24) is 5.43 Å². The van der Waals surface area contributed by atoms with E-state index in [0.717, 1.165) is 10.0 Å². The Labute approximate surface area is 154 Å². The summed E-state index contributed by atoms with van der Waals surface area (Å²) in [6, 6.07) is 10.6. The molecule has 0 aliphatic carbocycles. The molecule has 7 heteroatoms. The van der Waals surface area contributed by atoms with Gasteiger partial charge in [-0.05, 0) is 37.3 Å². The van der Waals surface area contributed by atoms with Crippen LogP contribution >= 0.6 is 15.9 Å². The Bertz CT molecular complexity index is 806. The molecule has 2 aromatic rings. The summed E-state index contributed by atoms with van der Waals surface area (Å²) in [5.41, 5.74) is 4.28. The van der Waals surface area contributed by atoms with Crippen molar-refractivity contribution in [3.05, 3.63) is 52.0 Å². The smallest absolute Gasteiger partial charge is 0.275 e. The molecule has 2 aromatic carbocycles. The van der Waals surface area contributed by atoms with Gasteiger partial charge in [-0.25, -0.2) is 5.43 Å². The van der Waals surface area contributed by atoms with E-state index in [-0.39, 0.29) is 5.91 Å². The topological polar surface area (TPSA) is 69.2 Å². The number of ether oxygens (including phenoxy) is 3. The molecule has 0 bridgehead atoms. The third kappa shape index (κ3) is 4.51. The molecule has 0 spiro atoms. The van der Waals surface area contributed by atoms with Gasteiger partial charge in [0, 0.05) is 16.1 Å². The first kappa shape index (κ1) is 18.8. The summed E-state index contributed by atoms with van der Waals surface area (Å²) in [7, 11) is 4.66. The first-order valence-electron chi connectivity index (χ1n) is 7.40. The van der Waals surface area contributed by atoms with Crippen molar-refractivity contribution in [2.24, 2.45) is 5.10 Å². The zero-order valence-electron chi connectivity index (χ0n) is 14.4. The van der Waals surface area contributed by atoms with Crippen LogP contribution in [-0.4, -0.2) is 32.9 Å². The quantitative estimate of drug-likeness (QED) is 0.587. The molecule has 6 nitrogen and oxygen atoms in total. The number of amides is 1. The van der Waals surface area contributed by atoms with Crippen LogP contribution in [0.2, 0.25) is 0 Å². The normalized spacial score (nSPS) is 11.0. The van der Waals surface area contributed by atoms with E-state index in [1.54, 1.807) is 51.5 Å². The predicted octanol–water partition coefficient (Wildman–Crippen LogP) is 3.63. The fourth-order valence-electron chi connectivity index (χ4n) is 2.21. The molecular weight excluding hydrogens is 388 g/mol. The number of hydrogen-bond acceptors (Lipinski definition) is 5. The van der Waals surface area contributed by atoms with Crippen LogP contribution in [-0.2, 0) is 0 Å². The summed E-state index contributed by atoms with van der Waals surface area (Å²) in [6.45, 7) is 1.78. The lowest BCUT2D eigenvalue weighted by Crippen LogP contribution is -2.20. The maximum absolute atomic E-state index is 12.4. The van der Waals surface area contributed by atoms with Gasteiger partial charge in [-0.2, -0.15) is 5.10 Å². The first-order chi connectivity index (χ1) is 12.0. The van der Waals surface area contributed by atoms with Crippen molar-refractivity contribution < 1.29 is 19.0 Å². The molecule has 0 fully saturated rings. The summed E-state index contributed by atoms with van der Waals surface area (Å²) in [5, 5.41) is 4.17.